The minimum atomic E-state index is 0.0767. The van der Waals surface area contributed by atoms with E-state index in [0.29, 0.717) is 5.84 Å². The minimum absolute atomic E-state index is 0.0767. The van der Waals surface area contributed by atoms with Crippen LogP contribution in [-0.4, -0.2) is 35.6 Å². The molecule has 14 heavy (non-hydrogen) atoms. The van der Waals surface area contributed by atoms with Gasteiger partial charge in [0.1, 0.15) is 0 Å². The van der Waals surface area contributed by atoms with Crippen LogP contribution >= 0.6 is 0 Å². The maximum absolute atomic E-state index is 8.62. The first kappa shape index (κ1) is 11.3. The molecule has 1 saturated carbocycles. The zero-order chi connectivity index (χ0) is 10.7. The molecular formula is C10H21N3O. The molecule has 0 aromatic rings. The molecule has 1 aliphatic carbocycles. The first-order valence-corrected chi connectivity index (χ1v) is 5.27. The average Bonchev–Trinajstić information content (AvgIpc) is 2.82. The SMILES string of the molecule is CCC(C(N)=NO)N(C)CC1CC1C. The van der Waals surface area contributed by atoms with E-state index >= 15 is 0 Å². The van der Waals surface area contributed by atoms with E-state index in [2.05, 4.69) is 23.9 Å². The van der Waals surface area contributed by atoms with Crippen molar-refractivity contribution in [2.75, 3.05) is 13.6 Å². The maximum atomic E-state index is 8.62. The summed E-state index contributed by atoms with van der Waals surface area (Å²) in [5.74, 6) is 1.98. The minimum Gasteiger partial charge on any atom is -0.409 e. The molecule has 0 aromatic carbocycles. The van der Waals surface area contributed by atoms with Crippen molar-refractivity contribution in [3.8, 4) is 0 Å². The lowest BCUT2D eigenvalue weighted by Gasteiger charge is -2.25. The number of hydrogen-bond acceptors (Lipinski definition) is 3. The second kappa shape index (κ2) is 4.64. The summed E-state index contributed by atoms with van der Waals surface area (Å²) >= 11 is 0. The fraction of sp³-hybridized carbons (Fsp3) is 0.900. The lowest BCUT2D eigenvalue weighted by molar-refractivity contribution is 0.259. The van der Waals surface area contributed by atoms with Crippen LogP contribution in [0, 0.1) is 11.8 Å². The molecule has 0 aromatic heterocycles. The predicted octanol–water partition coefficient (Wildman–Crippen LogP) is 1.10. The Morgan fingerprint density at radius 3 is 2.64 bits per heavy atom. The molecule has 0 aliphatic heterocycles. The van der Waals surface area contributed by atoms with E-state index in [9.17, 15) is 0 Å². The molecule has 0 spiro atoms. The van der Waals surface area contributed by atoms with Crippen molar-refractivity contribution in [3.05, 3.63) is 0 Å². The number of oxime groups is 1. The van der Waals surface area contributed by atoms with E-state index in [0.717, 1.165) is 24.8 Å². The van der Waals surface area contributed by atoms with E-state index in [-0.39, 0.29) is 6.04 Å². The number of nitrogens with zero attached hydrogens (tertiary/aromatic N) is 2. The molecule has 4 nitrogen and oxygen atoms in total. The number of nitrogens with two attached hydrogens (primary N) is 1. The second-order valence-corrected chi connectivity index (χ2v) is 4.36. The van der Waals surface area contributed by atoms with Gasteiger partial charge in [-0.2, -0.15) is 0 Å². The van der Waals surface area contributed by atoms with Crippen LogP contribution in [0.4, 0.5) is 0 Å². The van der Waals surface area contributed by atoms with Gasteiger partial charge in [-0.05, 0) is 31.7 Å². The highest BCUT2D eigenvalue weighted by atomic mass is 16.4. The lowest BCUT2D eigenvalue weighted by atomic mass is 10.1. The van der Waals surface area contributed by atoms with Crippen molar-refractivity contribution < 1.29 is 5.21 Å². The normalized spacial score (nSPS) is 29.3. The van der Waals surface area contributed by atoms with Gasteiger partial charge in [0, 0.05) is 6.54 Å². The Kier molecular flexibility index (Phi) is 3.75. The van der Waals surface area contributed by atoms with Gasteiger partial charge in [0.25, 0.3) is 0 Å². The molecule has 0 amide bonds. The maximum Gasteiger partial charge on any atom is 0.156 e. The number of amidine groups is 1. The van der Waals surface area contributed by atoms with Gasteiger partial charge < -0.3 is 10.9 Å². The molecular weight excluding hydrogens is 178 g/mol. The third-order valence-electron chi connectivity index (χ3n) is 3.17. The van der Waals surface area contributed by atoms with Crippen molar-refractivity contribution >= 4 is 5.84 Å². The largest absolute Gasteiger partial charge is 0.409 e. The van der Waals surface area contributed by atoms with Gasteiger partial charge in [0.05, 0.1) is 6.04 Å². The summed E-state index contributed by atoms with van der Waals surface area (Å²) in [5.41, 5.74) is 5.62. The first-order valence-electron chi connectivity index (χ1n) is 5.27. The fourth-order valence-corrected chi connectivity index (χ4v) is 1.96. The summed E-state index contributed by atoms with van der Waals surface area (Å²) in [4.78, 5) is 2.18. The van der Waals surface area contributed by atoms with Gasteiger partial charge in [-0.3, -0.25) is 4.90 Å². The third kappa shape index (κ3) is 2.61. The summed E-state index contributed by atoms with van der Waals surface area (Å²) in [6.45, 7) is 5.37. The van der Waals surface area contributed by atoms with Gasteiger partial charge in [-0.1, -0.05) is 19.0 Å². The predicted molar refractivity (Wildman–Crippen MR) is 57.4 cm³/mol. The van der Waals surface area contributed by atoms with Crippen LogP contribution in [0.2, 0.25) is 0 Å². The molecule has 82 valence electrons. The number of rotatable bonds is 5. The number of hydrogen-bond donors (Lipinski definition) is 2. The molecule has 0 radical (unpaired) electrons. The monoisotopic (exact) mass is 199 g/mol. The molecule has 3 N–H and O–H groups in total. The van der Waals surface area contributed by atoms with Crippen molar-refractivity contribution in [1.29, 1.82) is 0 Å². The highest BCUT2D eigenvalue weighted by Gasteiger charge is 2.34. The van der Waals surface area contributed by atoms with Crippen LogP contribution in [0.15, 0.2) is 5.16 Å². The summed E-state index contributed by atoms with van der Waals surface area (Å²) in [5, 5.41) is 11.7. The van der Waals surface area contributed by atoms with Crippen molar-refractivity contribution in [1.82, 2.24) is 4.90 Å². The topological polar surface area (TPSA) is 61.9 Å². The standard InChI is InChI=1S/C10H21N3O/c1-4-9(10(11)12-14)13(3)6-8-5-7(8)2/h7-9,14H,4-6H2,1-3H3,(H2,11,12). The highest BCUT2D eigenvalue weighted by molar-refractivity contribution is 5.85. The fourth-order valence-electron chi connectivity index (χ4n) is 1.96. The van der Waals surface area contributed by atoms with Gasteiger partial charge in [-0.15, -0.1) is 0 Å². The van der Waals surface area contributed by atoms with E-state index in [1.54, 1.807) is 0 Å². The molecule has 0 heterocycles. The van der Waals surface area contributed by atoms with Crippen LogP contribution < -0.4 is 5.73 Å². The van der Waals surface area contributed by atoms with E-state index in [4.69, 9.17) is 10.9 Å². The molecule has 0 saturated heterocycles. The Balaban J connectivity index is 2.43. The highest BCUT2D eigenvalue weighted by Crippen LogP contribution is 2.38. The zero-order valence-electron chi connectivity index (χ0n) is 9.27. The Labute approximate surface area is 85.8 Å². The van der Waals surface area contributed by atoms with Crippen LogP contribution in [0.1, 0.15) is 26.7 Å². The second-order valence-electron chi connectivity index (χ2n) is 4.36. The van der Waals surface area contributed by atoms with Crippen LogP contribution in [0.5, 0.6) is 0 Å². The van der Waals surface area contributed by atoms with E-state index in [1.165, 1.54) is 6.42 Å². The van der Waals surface area contributed by atoms with Gasteiger partial charge >= 0.3 is 0 Å². The Hall–Kier alpha value is -0.770. The molecule has 0 bridgehead atoms. The van der Waals surface area contributed by atoms with Crippen LogP contribution in [0.3, 0.4) is 0 Å². The molecule has 1 fully saturated rings. The Bertz CT molecular complexity index is 217. The van der Waals surface area contributed by atoms with E-state index < -0.39 is 0 Å². The smallest absolute Gasteiger partial charge is 0.156 e. The Morgan fingerprint density at radius 1 is 1.71 bits per heavy atom. The van der Waals surface area contributed by atoms with Crippen LogP contribution in [0.25, 0.3) is 0 Å². The van der Waals surface area contributed by atoms with Gasteiger partial charge in [-0.25, -0.2) is 0 Å². The molecule has 3 atom stereocenters. The van der Waals surface area contributed by atoms with E-state index in [1.807, 2.05) is 7.05 Å². The average molecular weight is 199 g/mol. The number of likely N-dealkylation sites (N-methyl/N-ethyl adjacent to an activating group) is 1. The van der Waals surface area contributed by atoms with Gasteiger partial charge in [0.15, 0.2) is 5.84 Å². The summed E-state index contributed by atoms with van der Waals surface area (Å²) in [7, 11) is 2.04. The molecule has 3 unspecified atom stereocenters. The Morgan fingerprint density at radius 2 is 2.29 bits per heavy atom. The summed E-state index contributed by atoms with van der Waals surface area (Å²) in [6.07, 6.45) is 2.20. The molecule has 4 heteroatoms. The summed E-state index contributed by atoms with van der Waals surface area (Å²) < 4.78 is 0. The summed E-state index contributed by atoms with van der Waals surface area (Å²) in [6, 6.07) is 0.0767. The molecule has 1 rings (SSSR count). The van der Waals surface area contributed by atoms with Crippen molar-refractivity contribution in [2.45, 2.75) is 32.7 Å². The van der Waals surface area contributed by atoms with Crippen LogP contribution in [-0.2, 0) is 0 Å². The third-order valence-corrected chi connectivity index (χ3v) is 3.17. The first-order chi connectivity index (χ1) is 6.60. The van der Waals surface area contributed by atoms with Crippen molar-refractivity contribution in [3.63, 3.8) is 0 Å². The van der Waals surface area contributed by atoms with Crippen molar-refractivity contribution in [2.24, 2.45) is 22.7 Å². The molecule has 1 aliphatic rings. The lowest BCUT2D eigenvalue weighted by Crippen LogP contribution is -2.43. The quantitative estimate of drug-likeness (QED) is 0.302. The van der Waals surface area contributed by atoms with Gasteiger partial charge in [0.2, 0.25) is 0 Å². The zero-order valence-corrected chi connectivity index (χ0v) is 9.27.